The lowest BCUT2D eigenvalue weighted by molar-refractivity contribution is 0.103. The minimum absolute atomic E-state index is 0.000432. The molecule has 1 aliphatic heterocycles. The highest BCUT2D eigenvalue weighted by Crippen LogP contribution is 2.29. The van der Waals surface area contributed by atoms with Crippen molar-refractivity contribution >= 4 is 26.5 Å². The molecule has 0 fully saturated rings. The van der Waals surface area contributed by atoms with E-state index in [0.29, 0.717) is 28.7 Å². The molecule has 0 atom stereocenters. The first-order chi connectivity index (χ1) is 15.7. The zero-order chi connectivity index (χ0) is 23.3. The van der Waals surface area contributed by atoms with Crippen LogP contribution in [0.25, 0.3) is 16.6 Å². The molecule has 5 rings (SSSR count). The number of sulfone groups is 1. The summed E-state index contributed by atoms with van der Waals surface area (Å²) in [6.07, 6.45) is 0. The van der Waals surface area contributed by atoms with Crippen LogP contribution in [0, 0.1) is 0 Å². The molecule has 0 N–H and O–H groups in total. The second-order valence-electron chi connectivity index (χ2n) is 8.42. The summed E-state index contributed by atoms with van der Waals surface area (Å²) >= 11 is 0. The van der Waals surface area contributed by atoms with Crippen molar-refractivity contribution in [3.05, 3.63) is 99.6 Å². The highest BCUT2D eigenvalue weighted by molar-refractivity contribution is 7.90. The Hall–Kier alpha value is -3.62. The number of ketones is 1. The molecule has 7 nitrogen and oxygen atoms in total. The smallest absolute Gasteiger partial charge is 0.266 e. The van der Waals surface area contributed by atoms with Gasteiger partial charge in [0, 0.05) is 6.54 Å². The number of fused-ring (bicyclic) bond motifs is 4. The Morgan fingerprint density at radius 1 is 0.909 bits per heavy atom. The van der Waals surface area contributed by atoms with Gasteiger partial charge in [0.2, 0.25) is 5.78 Å². The third-order valence-corrected chi connectivity index (χ3v) is 7.33. The first-order valence-electron chi connectivity index (χ1n) is 10.4. The monoisotopic (exact) mass is 459 g/mol. The van der Waals surface area contributed by atoms with Crippen LogP contribution in [0.2, 0.25) is 0 Å². The van der Waals surface area contributed by atoms with Crippen molar-refractivity contribution in [2.45, 2.75) is 17.2 Å². The molecular formula is C25H21N3O4S. The Bertz CT molecular complexity index is 1590. The van der Waals surface area contributed by atoms with Gasteiger partial charge in [-0.2, -0.15) is 0 Å². The molecule has 33 heavy (non-hydrogen) atoms. The molecule has 0 amide bonds. The minimum atomic E-state index is -3.68. The van der Waals surface area contributed by atoms with Gasteiger partial charge in [0.05, 0.1) is 32.8 Å². The highest BCUT2D eigenvalue weighted by Gasteiger charge is 2.32. The van der Waals surface area contributed by atoms with E-state index in [0.717, 1.165) is 5.56 Å². The predicted molar refractivity (Wildman–Crippen MR) is 125 cm³/mol. The lowest BCUT2D eigenvalue weighted by Gasteiger charge is -2.11. The highest BCUT2D eigenvalue weighted by atomic mass is 32.2. The number of nitrogens with zero attached hydrogens (tertiary/aromatic N) is 3. The first kappa shape index (κ1) is 21.2. The van der Waals surface area contributed by atoms with E-state index in [1.165, 1.54) is 22.8 Å². The van der Waals surface area contributed by atoms with Gasteiger partial charge in [0.25, 0.3) is 5.56 Å². The van der Waals surface area contributed by atoms with E-state index in [1.807, 2.05) is 31.1 Å². The Morgan fingerprint density at radius 2 is 1.67 bits per heavy atom. The Balaban J connectivity index is 1.61. The standard InChI is InChI=1S/C25H21N3O4S/c1-27(2)14-17-8-10-21-19(12-17)25(30)28-22-11-9-18(13-20(22)23(29)24(28)26-21)33(31,32)15-16-6-4-3-5-7-16/h3-13H,14-15H2,1-2H3. The van der Waals surface area contributed by atoms with Crippen molar-refractivity contribution in [3.8, 4) is 5.69 Å². The Kier molecular flexibility index (Phi) is 4.99. The SMILES string of the molecule is CN(C)Cc1ccc2nc3n(c(=O)c2c1)-c1ccc(S(=O)(=O)Cc2ccccc2)cc1C3=O. The van der Waals surface area contributed by atoms with Crippen LogP contribution in [0.3, 0.4) is 0 Å². The molecule has 0 spiro atoms. The number of carbonyl (C=O) groups excluding carboxylic acids is 1. The van der Waals surface area contributed by atoms with Crippen molar-refractivity contribution in [2.24, 2.45) is 0 Å². The van der Waals surface area contributed by atoms with E-state index in [1.54, 1.807) is 36.4 Å². The maximum Gasteiger partial charge on any atom is 0.266 e. The van der Waals surface area contributed by atoms with Crippen LogP contribution in [0.5, 0.6) is 0 Å². The summed E-state index contributed by atoms with van der Waals surface area (Å²) in [6, 6.07) is 18.6. The quantitative estimate of drug-likeness (QED) is 0.402. The molecule has 0 aliphatic carbocycles. The summed E-state index contributed by atoms with van der Waals surface area (Å²) in [5, 5.41) is 0.416. The molecule has 0 saturated carbocycles. The van der Waals surface area contributed by atoms with Gasteiger partial charge in [0.15, 0.2) is 15.7 Å². The average molecular weight is 460 g/mol. The van der Waals surface area contributed by atoms with E-state index in [9.17, 15) is 18.0 Å². The second-order valence-corrected chi connectivity index (χ2v) is 10.4. The second kappa shape index (κ2) is 7.75. The topological polar surface area (TPSA) is 89.3 Å². The number of benzene rings is 3. The Labute approximate surface area is 190 Å². The van der Waals surface area contributed by atoms with E-state index in [4.69, 9.17) is 0 Å². The van der Waals surface area contributed by atoms with Crippen LogP contribution in [-0.4, -0.2) is 42.7 Å². The van der Waals surface area contributed by atoms with Crippen LogP contribution in [-0.2, 0) is 22.1 Å². The molecule has 1 aromatic heterocycles. The molecule has 0 saturated heterocycles. The van der Waals surface area contributed by atoms with Gasteiger partial charge in [-0.15, -0.1) is 0 Å². The van der Waals surface area contributed by atoms with Crippen molar-refractivity contribution < 1.29 is 13.2 Å². The fourth-order valence-electron chi connectivity index (χ4n) is 4.15. The van der Waals surface area contributed by atoms with E-state index < -0.39 is 15.6 Å². The fourth-order valence-corrected chi connectivity index (χ4v) is 5.53. The fraction of sp³-hybridized carbons (Fsp3) is 0.160. The number of rotatable bonds is 5. The summed E-state index contributed by atoms with van der Waals surface area (Å²) in [5.41, 5.74) is 2.22. The third kappa shape index (κ3) is 3.67. The van der Waals surface area contributed by atoms with Crippen LogP contribution in [0.4, 0.5) is 0 Å². The molecule has 1 aliphatic rings. The average Bonchev–Trinajstić information content (AvgIpc) is 3.06. The summed E-state index contributed by atoms with van der Waals surface area (Å²) in [7, 11) is 0.206. The van der Waals surface area contributed by atoms with Crippen LogP contribution in [0.15, 0.2) is 76.4 Å². The normalized spacial score (nSPS) is 12.9. The summed E-state index contributed by atoms with van der Waals surface area (Å²) in [4.78, 5) is 32.9. The number of aromatic nitrogens is 2. The van der Waals surface area contributed by atoms with E-state index >= 15 is 0 Å². The molecule has 0 radical (unpaired) electrons. The number of carbonyl (C=O) groups is 1. The Morgan fingerprint density at radius 3 is 2.39 bits per heavy atom. The van der Waals surface area contributed by atoms with E-state index in [-0.39, 0.29) is 27.6 Å². The van der Waals surface area contributed by atoms with Gasteiger partial charge in [-0.1, -0.05) is 36.4 Å². The van der Waals surface area contributed by atoms with Crippen molar-refractivity contribution in [3.63, 3.8) is 0 Å². The zero-order valence-corrected chi connectivity index (χ0v) is 19.0. The van der Waals surface area contributed by atoms with Gasteiger partial charge in [-0.05, 0) is 55.6 Å². The molecule has 0 unspecified atom stereocenters. The van der Waals surface area contributed by atoms with Gasteiger partial charge in [-0.25, -0.2) is 13.4 Å². The van der Waals surface area contributed by atoms with Gasteiger partial charge >= 0.3 is 0 Å². The van der Waals surface area contributed by atoms with Crippen LogP contribution < -0.4 is 5.56 Å². The van der Waals surface area contributed by atoms with E-state index in [2.05, 4.69) is 4.98 Å². The molecule has 2 heterocycles. The molecule has 0 bridgehead atoms. The number of hydrogen-bond acceptors (Lipinski definition) is 6. The van der Waals surface area contributed by atoms with Crippen molar-refractivity contribution in [1.82, 2.24) is 14.5 Å². The maximum absolute atomic E-state index is 13.3. The predicted octanol–water partition coefficient (Wildman–Crippen LogP) is 2.97. The molecule has 3 aromatic carbocycles. The van der Waals surface area contributed by atoms with Crippen molar-refractivity contribution in [1.29, 1.82) is 0 Å². The summed E-state index contributed by atoms with van der Waals surface area (Å²) in [5.74, 6) is -0.636. The number of hydrogen-bond donors (Lipinski definition) is 0. The van der Waals surface area contributed by atoms with Gasteiger partial charge in [0.1, 0.15) is 0 Å². The van der Waals surface area contributed by atoms with Crippen LogP contribution in [0.1, 0.15) is 27.3 Å². The van der Waals surface area contributed by atoms with Crippen LogP contribution >= 0.6 is 0 Å². The molecular weight excluding hydrogens is 438 g/mol. The lowest BCUT2D eigenvalue weighted by Crippen LogP contribution is -2.22. The molecule has 166 valence electrons. The third-order valence-electron chi connectivity index (χ3n) is 5.65. The maximum atomic E-state index is 13.3. The molecule has 4 aromatic rings. The molecule has 8 heteroatoms. The summed E-state index contributed by atoms with van der Waals surface area (Å²) in [6.45, 7) is 0.662. The zero-order valence-electron chi connectivity index (χ0n) is 18.1. The lowest BCUT2D eigenvalue weighted by atomic mass is 10.1. The summed E-state index contributed by atoms with van der Waals surface area (Å²) < 4.78 is 27.2. The van der Waals surface area contributed by atoms with Crippen molar-refractivity contribution in [2.75, 3.05) is 14.1 Å². The van der Waals surface area contributed by atoms with Gasteiger partial charge < -0.3 is 4.90 Å². The largest absolute Gasteiger partial charge is 0.305 e. The minimum Gasteiger partial charge on any atom is -0.305 e. The van der Waals surface area contributed by atoms with Gasteiger partial charge in [-0.3, -0.25) is 14.2 Å². The first-order valence-corrected chi connectivity index (χ1v) is 12.1.